The van der Waals surface area contributed by atoms with E-state index < -0.39 is 0 Å². The zero-order chi connectivity index (χ0) is 13.3. The topological polar surface area (TPSA) is 6.48 Å². The lowest BCUT2D eigenvalue weighted by Gasteiger charge is -2.48. The number of hydrogen-bond donors (Lipinski definition) is 0. The summed E-state index contributed by atoms with van der Waals surface area (Å²) in [6, 6.07) is 17.6. The fraction of sp³-hybridized carbons (Fsp3) is 0.222. The predicted octanol–water partition coefficient (Wildman–Crippen LogP) is 3.88. The van der Waals surface area contributed by atoms with Crippen molar-refractivity contribution in [2.45, 2.75) is 12.1 Å². The normalized spacial score (nSPS) is 28.4. The maximum absolute atomic E-state index is 2.52. The predicted molar refractivity (Wildman–Crippen MR) is 82.6 cm³/mol. The highest BCUT2D eigenvalue weighted by Gasteiger charge is 2.48. The molecule has 0 fully saturated rings. The first kappa shape index (κ1) is 10.6. The molecule has 20 heavy (non-hydrogen) atoms. The van der Waals surface area contributed by atoms with Gasteiger partial charge in [0.05, 0.1) is 11.4 Å². The van der Waals surface area contributed by atoms with E-state index in [4.69, 9.17) is 0 Å². The van der Waals surface area contributed by atoms with E-state index in [0.717, 1.165) is 0 Å². The van der Waals surface area contributed by atoms with Crippen LogP contribution in [0, 0.1) is 5.92 Å². The standard InChI is InChI=1S/C18H16N2/c1-19-16-8-4-5-9-17(16)20-15-7-3-2-6-13(15)12-10-11-14(12)18(19)20/h2-12,14,18H,1H3. The Morgan fingerprint density at radius 1 is 0.800 bits per heavy atom. The van der Waals surface area contributed by atoms with Crippen LogP contribution >= 0.6 is 0 Å². The minimum absolute atomic E-state index is 0.428. The summed E-state index contributed by atoms with van der Waals surface area (Å²) in [5.41, 5.74) is 5.53. The van der Waals surface area contributed by atoms with Gasteiger partial charge in [-0.15, -0.1) is 0 Å². The Hall–Kier alpha value is -2.22. The summed E-state index contributed by atoms with van der Waals surface area (Å²) in [6.45, 7) is 0. The number of fused-ring (bicyclic) bond motifs is 8. The number of nitrogens with zero attached hydrogens (tertiary/aromatic N) is 2. The van der Waals surface area contributed by atoms with Gasteiger partial charge in [0.15, 0.2) is 0 Å². The maximum atomic E-state index is 2.52. The zero-order valence-electron chi connectivity index (χ0n) is 11.4. The zero-order valence-corrected chi connectivity index (χ0v) is 11.4. The SMILES string of the molecule is CN1c2ccccc2N2c3ccccc3C3C=CC3C12. The highest BCUT2D eigenvalue weighted by atomic mass is 15.4. The second-order valence-electron chi connectivity index (χ2n) is 5.93. The van der Waals surface area contributed by atoms with Crippen molar-refractivity contribution in [3.05, 3.63) is 66.2 Å². The number of rotatable bonds is 0. The van der Waals surface area contributed by atoms with Crippen molar-refractivity contribution in [3.63, 3.8) is 0 Å². The van der Waals surface area contributed by atoms with Gasteiger partial charge in [0.25, 0.3) is 0 Å². The van der Waals surface area contributed by atoms with Crippen molar-refractivity contribution in [1.82, 2.24) is 0 Å². The first-order valence-corrected chi connectivity index (χ1v) is 7.24. The van der Waals surface area contributed by atoms with E-state index in [1.54, 1.807) is 0 Å². The van der Waals surface area contributed by atoms with E-state index in [1.807, 2.05) is 0 Å². The Balaban J connectivity index is 1.80. The summed E-state index contributed by atoms with van der Waals surface area (Å²) < 4.78 is 0. The largest absolute Gasteiger partial charge is 0.352 e. The molecule has 2 heterocycles. The third-order valence-corrected chi connectivity index (χ3v) is 5.04. The number of hydrogen-bond acceptors (Lipinski definition) is 2. The van der Waals surface area contributed by atoms with Crippen molar-refractivity contribution in [1.29, 1.82) is 0 Å². The molecule has 2 aromatic carbocycles. The molecule has 3 atom stereocenters. The van der Waals surface area contributed by atoms with Crippen LogP contribution in [-0.4, -0.2) is 13.2 Å². The maximum Gasteiger partial charge on any atom is 0.113 e. The van der Waals surface area contributed by atoms with Gasteiger partial charge >= 0.3 is 0 Å². The Bertz CT molecular complexity index is 734. The Labute approximate surface area is 118 Å². The molecule has 0 aromatic heterocycles. The summed E-state index contributed by atoms with van der Waals surface area (Å²) in [7, 11) is 2.22. The number of para-hydroxylation sites is 3. The quantitative estimate of drug-likeness (QED) is 0.663. The Kier molecular flexibility index (Phi) is 1.82. The Morgan fingerprint density at radius 3 is 2.25 bits per heavy atom. The van der Waals surface area contributed by atoms with Gasteiger partial charge in [-0.2, -0.15) is 0 Å². The molecular formula is C18H16N2. The van der Waals surface area contributed by atoms with Gasteiger partial charge in [0.2, 0.25) is 0 Å². The van der Waals surface area contributed by atoms with Crippen molar-refractivity contribution in [2.24, 2.45) is 5.92 Å². The molecule has 5 rings (SSSR count). The number of benzene rings is 2. The van der Waals surface area contributed by atoms with Crippen LogP contribution < -0.4 is 9.80 Å². The van der Waals surface area contributed by atoms with E-state index in [9.17, 15) is 0 Å². The van der Waals surface area contributed by atoms with Gasteiger partial charge in [-0.1, -0.05) is 42.5 Å². The molecule has 2 aromatic rings. The van der Waals surface area contributed by atoms with Gasteiger partial charge in [-0.25, -0.2) is 0 Å². The minimum Gasteiger partial charge on any atom is -0.352 e. The van der Waals surface area contributed by atoms with Crippen LogP contribution in [0.25, 0.3) is 0 Å². The minimum atomic E-state index is 0.428. The van der Waals surface area contributed by atoms with Crippen molar-refractivity contribution >= 4 is 17.1 Å². The Morgan fingerprint density at radius 2 is 1.50 bits per heavy atom. The lowest BCUT2D eigenvalue weighted by molar-refractivity contribution is 0.410. The average molecular weight is 260 g/mol. The highest BCUT2D eigenvalue weighted by molar-refractivity contribution is 5.86. The summed E-state index contributed by atoms with van der Waals surface area (Å²) in [6.07, 6.45) is 5.16. The molecule has 1 aliphatic carbocycles. The fourth-order valence-corrected chi connectivity index (χ4v) is 4.06. The molecule has 2 aliphatic heterocycles. The molecule has 2 nitrogen and oxygen atoms in total. The van der Waals surface area contributed by atoms with E-state index in [1.165, 1.54) is 22.6 Å². The number of anilines is 3. The van der Waals surface area contributed by atoms with E-state index in [-0.39, 0.29) is 0 Å². The highest BCUT2D eigenvalue weighted by Crippen LogP contribution is 2.56. The van der Waals surface area contributed by atoms with Crippen molar-refractivity contribution in [2.75, 3.05) is 16.8 Å². The van der Waals surface area contributed by atoms with Gasteiger partial charge in [0, 0.05) is 24.6 Å². The van der Waals surface area contributed by atoms with Crippen LogP contribution in [0.3, 0.4) is 0 Å². The first-order chi connectivity index (χ1) is 9.86. The van der Waals surface area contributed by atoms with Crippen LogP contribution in [0.5, 0.6) is 0 Å². The molecule has 0 saturated heterocycles. The van der Waals surface area contributed by atoms with E-state index in [2.05, 4.69) is 77.5 Å². The van der Waals surface area contributed by atoms with Gasteiger partial charge < -0.3 is 9.80 Å². The third-order valence-electron chi connectivity index (χ3n) is 5.04. The molecule has 0 radical (unpaired) electrons. The van der Waals surface area contributed by atoms with Crippen LogP contribution in [0.4, 0.5) is 17.1 Å². The van der Waals surface area contributed by atoms with Gasteiger partial charge in [0.1, 0.15) is 6.17 Å². The van der Waals surface area contributed by atoms with Gasteiger partial charge in [-0.3, -0.25) is 0 Å². The van der Waals surface area contributed by atoms with Gasteiger partial charge in [-0.05, 0) is 23.8 Å². The summed E-state index contributed by atoms with van der Waals surface area (Å²) >= 11 is 0. The second kappa shape index (κ2) is 3.45. The molecule has 2 heteroatoms. The molecule has 3 unspecified atom stereocenters. The summed E-state index contributed by atoms with van der Waals surface area (Å²) in [5, 5.41) is 0. The lowest BCUT2D eigenvalue weighted by atomic mass is 9.72. The van der Waals surface area contributed by atoms with Crippen LogP contribution in [0.1, 0.15) is 11.5 Å². The molecular weight excluding hydrogens is 244 g/mol. The van der Waals surface area contributed by atoms with Crippen molar-refractivity contribution < 1.29 is 0 Å². The molecule has 3 aliphatic rings. The smallest absolute Gasteiger partial charge is 0.113 e. The summed E-state index contributed by atoms with van der Waals surface area (Å²) in [4.78, 5) is 4.96. The summed E-state index contributed by atoms with van der Waals surface area (Å²) in [5.74, 6) is 1.19. The monoisotopic (exact) mass is 260 g/mol. The second-order valence-corrected chi connectivity index (χ2v) is 5.93. The first-order valence-electron chi connectivity index (χ1n) is 7.24. The molecule has 98 valence electrons. The number of allylic oxidation sites excluding steroid dienone is 1. The molecule has 0 saturated carbocycles. The van der Waals surface area contributed by atoms with E-state index >= 15 is 0 Å². The lowest BCUT2D eigenvalue weighted by Crippen LogP contribution is -2.51. The molecule has 0 N–H and O–H groups in total. The van der Waals surface area contributed by atoms with Crippen LogP contribution in [0.2, 0.25) is 0 Å². The van der Waals surface area contributed by atoms with Crippen LogP contribution in [-0.2, 0) is 0 Å². The molecule has 0 spiro atoms. The fourth-order valence-electron chi connectivity index (χ4n) is 4.06. The van der Waals surface area contributed by atoms with E-state index in [0.29, 0.717) is 18.0 Å². The molecule has 0 amide bonds. The van der Waals surface area contributed by atoms with Crippen molar-refractivity contribution in [3.8, 4) is 0 Å². The average Bonchev–Trinajstić information content (AvgIpc) is 2.73. The molecule has 0 bridgehead atoms. The van der Waals surface area contributed by atoms with Crippen LogP contribution in [0.15, 0.2) is 60.7 Å². The third kappa shape index (κ3) is 1.07.